The molecule has 0 unspecified atom stereocenters. The zero-order valence-corrected chi connectivity index (χ0v) is 9.08. The number of rotatable bonds is 8. The van der Waals surface area contributed by atoms with Gasteiger partial charge in [0.2, 0.25) is 0 Å². The molecule has 0 saturated carbocycles. The largest absolute Gasteiger partial charge is 0.490 e. The number of carboxylic acids is 1. The molecule has 0 heterocycles. The molecule has 0 atom stereocenters. The summed E-state index contributed by atoms with van der Waals surface area (Å²) in [5, 5.41) is 8.62. The van der Waals surface area contributed by atoms with Gasteiger partial charge in [0.15, 0.2) is 5.76 Å². The number of methoxy groups -OCH3 is 1. The fourth-order valence-corrected chi connectivity index (χ4v) is 1.24. The molecular formula is C11H20O3. The number of allylic oxidation sites excluding steroid dienone is 1. The van der Waals surface area contributed by atoms with E-state index >= 15 is 0 Å². The first-order valence-electron chi connectivity index (χ1n) is 5.19. The van der Waals surface area contributed by atoms with Gasteiger partial charge in [0.1, 0.15) is 0 Å². The lowest BCUT2D eigenvalue weighted by atomic mass is 10.1. The smallest absolute Gasteiger partial charge is 0.370 e. The van der Waals surface area contributed by atoms with Crippen molar-refractivity contribution < 1.29 is 14.6 Å². The van der Waals surface area contributed by atoms with Crippen molar-refractivity contribution in [3.8, 4) is 0 Å². The number of hydrogen-bond acceptors (Lipinski definition) is 2. The Balaban J connectivity index is 3.53. The van der Waals surface area contributed by atoms with Gasteiger partial charge in [-0.3, -0.25) is 0 Å². The number of ether oxygens (including phenoxy) is 1. The standard InChI is InChI=1S/C11H20O3/c1-3-4-5-6-7-8-9-10(14-2)11(12)13/h9H,3-8H2,1-2H3,(H,12,13). The minimum Gasteiger partial charge on any atom is -0.490 e. The number of hydrogen-bond donors (Lipinski definition) is 1. The van der Waals surface area contributed by atoms with Crippen molar-refractivity contribution >= 4 is 5.97 Å². The molecule has 0 fully saturated rings. The Morgan fingerprint density at radius 2 is 1.93 bits per heavy atom. The molecule has 1 N–H and O–H groups in total. The summed E-state index contributed by atoms with van der Waals surface area (Å²) in [7, 11) is 1.39. The second-order valence-corrected chi connectivity index (χ2v) is 3.28. The zero-order chi connectivity index (χ0) is 10.8. The molecule has 0 aromatic heterocycles. The third-order valence-corrected chi connectivity index (χ3v) is 2.07. The molecule has 0 saturated heterocycles. The van der Waals surface area contributed by atoms with Crippen LogP contribution in [0.1, 0.15) is 45.4 Å². The Kier molecular flexibility index (Phi) is 7.99. The molecule has 0 radical (unpaired) electrons. The van der Waals surface area contributed by atoms with Crippen molar-refractivity contribution in [1.29, 1.82) is 0 Å². The lowest BCUT2D eigenvalue weighted by Gasteiger charge is -2.00. The molecule has 14 heavy (non-hydrogen) atoms. The summed E-state index contributed by atoms with van der Waals surface area (Å²) < 4.78 is 4.70. The molecule has 0 amide bonds. The van der Waals surface area contributed by atoms with Gasteiger partial charge in [-0.1, -0.05) is 32.6 Å². The fourth-order valence-electron chi connectivity index (χ4n) is 1.24. The van der Waals surface area contributed by atoms with Crippen molar-refractivity contribution in [1.82, 2.24) is 0 Å². The number of carbonyl (C=O) groups is 1. The maximum absolute atomic E-state index is 10.5. The van der Waals surface area contributed by atoms with Crippen LogP contribution in [0.15, 0.2) is 11.8 Å². The van der Waals surface area contributed by atoms with Gasteiger partial charge in [0.05, 0.1) is 7.11 Å². The van der Waals surface area contributed by atoms with E-state index in [0.717, 1.165) is 12.8 Å². The SMILES string of the molecule is CCCCCCCC=C(OC)C(=O)O. The molecule has 0 bridgehead atoms. The molecule has 0 rings (SSSR count). The van der Waals surface area contributed by atoms with Gasteiger partial charge in [0.25, 0.3) is 0 Å². The van der Waals surface area contributed by atoms with Crippen LogP contribution < -0.4 is 0 Å². The molecule has 0 aliphatic carbocycles. The highest BCUT2D eigenvalue weighted by Gasteiger charge is 2.04. The van der Waals surface area contributed by atoms with Crippen molar-refractivity contribution in [3.63, 3.8) is 0 Å². The zero-order valence-electron chi connectivity index (χ0n) is 9.08. The van der Waals surface area contributed by atoms with Gasteiger partial charge in [0, 0.05) is 0 Å². The van der Waals surface area contributed by atoms with E-state index in [1.165, 1.54) is 32.8 Å². The van der Waals surface area contributed by atoms with E-state index in [1.54, 1.807) is 6.08 Å². The Labute approximate surface area is 85.8 Å². The Bertz CT molecular complexity index is 185. The normalized spacial score (nSPS) is 11.4. The van der Waals surface area contributed by atoms with E-state index in [0.29, 0.717) is 0 Å². The summed E-state index contributed by atoms with van der Waals surface area (Å²) in [4.78, 5) is 10.5. The third-order valence-electron chi connectivity index (χ3n) is 2.07. The summed E-state index contributed by atoms with van der Waals surface area (Å²) in [6, 6.07) is 0. The van der Waals surface area contributed by atoms with E-state index in [1.807, 2.05) is 0 Å². The predicted octanol–water partition coefficient (Wildman–Crippen LogP) is 2.96. The van der Waals surface area contributed by atoms with E-state index < -0.39 is 5.97 Å². The van der Waals surface area contributed by atoms with Crippen LogP contribution >= 0.6 is 0 Å². The summed E-state index contributed by atoms with van der Waals surface area (Å²) >= 11 is 0. The average Bonchev–Trinajstić information content (AvgIpc) is 2.16. The van der Waals surface area contributed by atoms with Gasteiger partial charge in [-0.2, -0.15) is 0 Å². The van der Waals surface area contributed by atoms with Crippen LogP contribution in [0.3, 0.4) is 0 Å². The van der Waals surface area contributed by atoms with E-state index in [9.17, 15) is 4.79 Å². The molecule has 0 aromatic carbocycles. The van der Waals surface area contributed by atoms with Gasteiger partial charge in [-0.05, 0) is 18.9 Å². The fraction of sp³-hybridized carbons (Fsp3) is 0.727. The Morgan fingerprint density at radius 1 is 1.29 bits per heavy atom. The van der Waals surface area contributed by atoms with Crippen molar-refractivity contribution in [2.45, 2.75) is 45.4 Å². The highest BCUT2D eigenvalue weighted by Crippen LogP contribution is 2.07. The van der Waals surface area contributed by atoms with Crippen molar-refractivity contribution in [3.05, 3.63) is 11.8 Å². The van der Waals surface area contributed by atoms with Crippen molar-refractivity contribution in [2.75, 3.05) is 7.11 Å². The molecule has 0 spiro atoms. The molecule has 0 aliphatic heterocycles. The Morgan fingerprint density at radius 3 is 2.43 bits per heavy atom. The van der Waals surface area contributed by atoms with Crippen LogP contribution in [0, 0.1) is 0 Å². The van der Waals surface area contributed by atoms with Crippen LogP contribution in [0.25, 0.3) is 0 Å². The van der Waals surface area contributed by atoms with Crippen LogP contribution in [-0.4, -0.2) is 18.2 Å². The molecule has 0 aliphatic rings. The highest BCUT2D eigenvalue weighted by atomic mass is 16.5. The van der Waals surface area contributed by atoms with Crippen LogP contribution in [0.4, 0.5) is 0 Å². The predicted molar refractivity (Wildman–Crippen MR) is 56.1 cm³/mol. The summed E-state index contributed by atoms with van der Waals surface area (Å²) in [5.74, 6) is -0.929. The lowest BCUT2D eigenvalue weighted by molar-refractivity contribution is -0.136. The highest BCUT2D eigenvalue weighted by molar-refractivity contribution is 5.84. The Hall–Kier alpha value is -0.990. The molecule has 82 valence electrons. The molecule has 3 nitrogen and oxygen atoms in total. The summed E-state index contributed by atoms with van der Waals surface area (Å²) in [6.07, 6.45) is 8.38. The third kappa shape index (κ3) is 6.52. The first-order chi connectivity index (χ1) is 6.72. The number of carboxylic acid groups (broad SMARTS) is 1. The van der Waals surface area contributed by atoms with Crippen molar-refractivity contribution in [2.24, 2.45) is 0 Å². The van der Waals surface area contributed by atoms with E-state index in [4.69, 9.17) is 9.84 Å². The average molecular weight is 200 g/mol. The van der Waals surface area contributed by atoms with Gasteiger partial charge in [-0.25, -0.2) is 4.79 Å². The molecule has 3 heteroatoms. The van der Waals surface area contributed by atoms with Crippen LogP contribution in [0.2, 0.25) is 0 Å². The van der Waals surface area contributed by atoms with E-state index in [-0.39, 0.29) is 5.76 Å². The monoisotopic (exact) mass is 200 g/mol. The quantitative estimate of drug-likeness (QED) is 0.372. The molecular weight excluding hydrogens is 180 g/mol. The topological polar surface area (TPSA) is 46.5 Å². The summed E-state index contributed by atoms with van der Waals surface area (Å²) in [5.41, 5.74) is 0. The van der Waals surface area contributed by atoms with Gasteiger partial charge < -0.3 is 9.84 Å². The van der Waals surface area contributed by atoms with Gasteiger partial charge >= 0.3 is 5.97 Å². The minimum absolute atomic E-state index is 0.0560. The minimum atomic E-state index is -0.985. The first kappa shape index (κ1) is 13.0. The maximum Gasteiger partial charge on any atom is 0.370 e. The number of aliphatic carboxylic acids is 1. The van der Waals surface area contributed by atoms with Crippen LogP contribution in [-0.2, 0) is 9.53 Å². The summed E-state index contributed by atoms with van der Waals surface area (Å²) in [6.45, 7) is 2.17. The second-order valence-electron chi connectivity index (χ2n) is 3.28. The van der Waals surface area contributed by atoms with Gasteiger partial charge in [-0.15, -0.1) is 0 Å². The molecule has 0 aromatic rings. The second kappa shape index (κ2) is 8.60. The van der Waals surface area contributed by atoms with E-state index in [2.05, 4.69) is 6.92 Å². The lowest BCUT2D eigenvalue weighted by Crippen LogP contribution is -2.02. The number of unbranched alkanes of at least 4 members (excludes halogenated alkanes) is 5. The van der Waals surface area contributed by atoms with Crippen LogP contribution in [0.5, 0.6) is 0 Å². The first-order valence-corrected chi connectivity index (χ1v) is 5.19. The maximum atomic E-state index is 10.5.